The first-order valence-electron chi connectivity index (χ1n) is 7.43. The minimum atomic E-state index is 0.524. The van der Waals surface area contributed by atoms with Crippen molar-refractivity contribution in [3.8, 4) is 5.88 Å². The Morgan fingerprint density at radius 3 is 2.62 bits per heavy atom. The molecule has 2 atom stereocenters. The fraction of sp³-hybridized carbons (Fsp3) is 0.412. The second-order valence-electron chi connectivity index (χ2n) is 5.58. The molecular formula is C17H21N3O. The number of methoxy groups -OCH3 is 1. The van der Waals surface area contributed by atoms with Gasteiger partial charge in [0.25, 0.3) is 0 Å². The Kier molecular flexibility index (Phi) is 4.15. The van der Waals surface area contributed by atoms with E-state index in [1.807, 2.05) is 12.1 Å². The normalized spacial score (nSPS) is 22.4. The highest BCUT2D eigenvalue weighted by Gasteiger charge is 2.31. The van der Waals surface area contributed by atoms with Crippen LogP contribution in [0.2, 0.25) is 0 Å². The van der Waals surface area contributed by atoms with Gasteiger partial charge in [-0.1, -0.05) is 30.3 Å². The lowest BCUT2D eigenvalue weighted by atomic mass is 9.93. The smallest absolute Gasteiger partial charge is 0.233 e. The zero-order valence-corrected chi connectivity index (χ0v) is 12.6. The summed E-state index contributed by atoms with van der Waals surface area (Å²) in [5, 5.41) is 8.27. The first-order valence-corrected chi connectivity index (χ1v) is 7.43. The molecule has 2 unspecified atom stereocenters. The van der Waals surface area contributed by atoms with Crippen LogP contribution in [0.4, 0.5) is 0 Å². The van der Waals surface area contributed by atoms with E-state index in [1.54, 1.807) is 7.11 Å². The maximum Gasteiger partial charge on any atom is 0.233 e. The van der Waals surface area contributed by atoms with Crippen LogP contribution in [0.5, 0.6) is 5.88 Å². The van der Waals surface area contributed by atoms with Crippen molar-refractivity contribution in [1.29, 1.82) is 0 Å². The monoisotopic (exact) mass is 283 g/mol. The number of benzene rings is 1. The Morgan fingerprint density at radius 1 is 1.14 bits per heavy atom. The molecule has 1 saturated heterocycles. The maximum absolute atomic E-state index is 5.05. The highest BCUT2D eigenvalue weighted by atomic mass is 16.5. The minimum absolute atomic E-state index is 0.524. The summed E-state index contributed by atoms with van der Waals surface area (Å²) in [5.74, 6) is 1.17. The first-order chi connectivity index (χ1) is 10.3. The number of aromatic nitrogens is 2. The van der Waals surface area contributed by atoms with E-state index in [4.69, 9.17) is 4.74 Å². The van der Waals surface area contributed by atoms with Gasteiger partial charge < -0.3 is 4.74 Å². The van der Waals surface area contributed by atoms with E-state index in [0.717, 1.165) is 18.8 Å². The van der Waals surface area contributed by atoms with Crippen LogP contribution in [0.3, 0.4) is 0 Å². The van der Waals surface area contributed by atoms with Gasteiger partial charge >= 0.3 is 0 Å². The Morgan fingerprint density at radius 2 is 1.95 bits per heavy atom. The number of hydrogen-bond donors (Lipinski definition) is 0. The average Bonchev–Trinajstić information content (AvgIpc) is 2.90. The fourth-order valence-corrected chi connectivity index (χ4v) is 3.12. The second kappa shape index (κ2) is 6.22. The summed E-state index contributed by atoms with van der Waals surface area (Å²) in [6, 6.07) is 15.2. The van der Waals surface area contributed by atoms with Crippen molar-refractivity contribution >= 4 is 0 Å². The van der Waals surface area contributed by atoms with E-state index in [9.17, 15) is 0 Å². The molecule has 2 aromatic rings. The van der Waals surface area contributed by atoms with E-state index in [2.05, 4.69) is 52.4 Å². The van der Waals surface area contributed by atoms with Crippen molar-refractivity contribution in [1.82, 2.24) is 15.1 Å². The van der Waals surface area contributed by atoms with Crippen LogP contribution in [0.15, 0.2) is 42.5 Å². The summed E-state index contributed by atoms with van der Waals surface area (Å²) < 4.78 is 5.05. The largest absolute Gasteiger partial charge is 0.480 e. The summed E-state index contributed by atoms with van der Waals surface area (Å²) in [6.07, 6.45) is 1.20. The van der Waals surface area contributed by atoms with Crippen molar-refractivity contribution < 1.29 is 4.74 Å². The van der Waals surface area contributed by atoms with Gasteiger partial charge in [-0.25, -0.2) is 0 Å². The zero-order valence-electron chi connectivity index (χ0n) is 12.6. The number of likely N-dealkylation sites (tertiary alicyclic amines) is 1. The summed E-state index contributed by atoms with van der Waals surface area (Å²) in [5.41, 5.74) is 2.43. The summed E-state index contributed by atoms with van der Waals surface area (Å²) in [7, 11) is 1.61. The standard InChI is InChI=1S/C17H21N3O/c1-13-16(14-6-4-3-5-7-14)10-11-20(13)12-15-8-9-17(21-2)19-18-15/h3-9,13,16H,10-12H2,1-2H3. The van der Waals surface area contributed by atoms with Crippen LogP contribution < -0.4 is 4.74 Å². The predicted molar refractivity (Wildman–Crippen MR) is 82.3 cm³/mol. The molecule has 1 aliphatic heterocycles. The van der Waals surface area contributed by atoms with Gasteiger partial charge in [0.2, 0.25) is 5.88 Å². The summed E-state index contributed by atoms with van der Waals surface area (Å²) in [4.78, 5) is 2.48. The molecular weight excluding hydrogens is 262 g/mol. The van der Waals surface area contributed by atoms with Gasteiger partial charge in [-0.15, -0.1) is 5.10 Å². The topological polar surface area (TPSA) is 38.2 Å². The second-order valence-corrected chi connectivity index (χ2v) is 5.58. The first kappa shape index (κ1) is 14.0. The number of nitrogens with zero attached hydrogens (tertiary/aromatic N) is 3. The molecule has 4 heteroatoms. The lowest BCUT2D eigenvalue weighted by Gasteiger charge is -2.24. The van der Waals surface area contributed by atoms with Gasteiger partial charge in [0.15, 0.2) is 0 Å². The molecule has 0 amide bonds. The third-order valence-electron chi connectivity index (χ3n) is 4.38. The number of hydrogen-bond acceptors (Lipinski definition) is 4. The SMILES string of the molecule is COc1ccc(CN2CCC(c3ccccc3)C2C)nn1. The third-order valence-corrected chi connectivity index (χ3v) is 4.38. The molecule has 1 aromatic carbocycles. The highest BCUT2D eigenvalue weighted by molar-refractivity contribution is 5.23. The average molecular weight is 283 g/mol. The summed E-state index contributed by atoms with van der Waals surface area (Å²) >= 11 is 0. The Hall–Kier alpha value is -1.94. The molecule has 21 heavy (non-hydrogen) atoms. The van der Waals surface area contributed by atoms with Gasteiger partial charge in [0.1, 0.15) is 0 Å². The maximum atomic E-state index is 5.05. The number of rotatable bonds is 4. The quantitative estimate of drug-likeness (QED) is 0.865. The minimum Gasteiger partial charge on any atom is -0.480 e. The van der Waals surface area contributed by atoms with Crippen LogP contribution in [-0.4, -0.2) is 34.8 Å². The number of ether oxygens (including phenoxy) is 1. The van der Waals surface area contributed by atoms with Gasteiger partial charge in [-0.3, -0.25) is 4.90 Å². The fourth-order valence-electron chi connectivity index (χ4n) is 3.12. The van der Waals surface area contributed by atoms with Crippen molar-refractivity contribution in [2.75, 3.05) is 13.7 Å². The molecule has 0 radical (unpaired) electrons. The molecule has 2 heterocycles. The molecule has 110 valence electrons. The zero-order chi connectivity index (χ0) is 14.7. The molecule has 3 rings (SSSR count). The van der Waals surface area contributed by atoms with Crippen molar-refractivity contribution in [2.45, 2.75) is 31.8 Å². The molecule has 0 N–H and O–H groups in total. The molecule has 1 aliphatic rings. The van der Waals surface area contributed by atoms with Gasteiger partial charge in [-0.05, 0) is 31.5 Å². The van der Waals surface area contributed by atoms with E-state index < -0.39 is 0 Å². The van der Waals surface area contributed by atoms with Crippen LogP contribution >= 0.6 is 0 Å². The third kappa shape index (κ3) is 3.05. The molecule has 0 spiro atoms. The van der Waals surface area contributed by atoms with E-state index in [-0.39, 0.29) is 0 Å². The highest BCUT2D eigenvalue weighted by Crippen LogP contribution is 2.33. The molecule has 0 bridgehead atoms. The van der Waals surface area contributed by atoms with Crippen LogP contribution in [0.1, 0.15) is 30.5 Å². The molecule has 0 saturated carbocycles. The van der Waals surface area contributed by atoms with Crippen molar-refractivity contribution in [3.05, 3.63) is 53.7 Å². The molecule has 4 nitrogen and oxygen atoms in total. The lowest BCUT2D eigenvalue weighted by Crippen LogP contribution is -2.29. The van der Waals surface area contributed by atoms with Crippen LogP contribution in [0, 0.1) is 0 Å². The van der Waals surface area contributed by atoms with E-state index in [1.165, 1.54) is 12.0 Å². The molecule has 0 aliphatic carbocycles. The van der Waals surface area contributed by atoms with Crippen molar-refractivity contribution in [2.24, 2.45) is 0 Å². The van der Waals surface area contributed by atoms with Gasteiger partial charge in [0, 0.05) is 24.6 Å². The Balaban J connectivity index is 1.67. The van der Waals surface area contributed by atoms with E-state index >= 15 is 0 Å². The Labute approximate surface area is 125 Å². The van der Waals surface area contributed by atoms with Gasteiger partial charge in [0.05, 0.1) is 12.8 Å². The lowest BCUT2D eigenvalue weighted by molar-refractivity contribution is 0.247. The van der Waals surface area contributed by atoms with E-state index in [0.29, 0.717) is 17.8 Å². The molecule has 1 aromatic heterocycles. The predicted octanol–water partition coefficient (Wildman–Crippen LogP) is 2.86. The van der Waals surface area contributed by atoms with Crippen molar-refractivity contribution in [3.63, 3.8) is 0 Å². The van der Waals surface area contributed by atoms with Crippen LogP contribution in [-0.2, 0) is 6.54 Å². The van der Waals surface area contributed by atoms with Crippen LogP contribution in [0.25, 0.3) is 0 Å². The summed E-state index contributed by atoms with van der Waals surface area (Å²) in [6.45, 7) is 4.26. The molecule has 1 fully saturated rings. The Bertz CT molecular complexity index is 570. The van der Waals surface area contributed by atoms with Gasteiger partial charge in [-0.2, -0.15) is 5.10 Å².